The first-order valence-electron chi connectivity index (χ1n) is 5.84. The Hall–Kier alpha value is -3.16. The fourth-order valence-corrected chi connectivity index (χ4v) is 2.03. The number of nitrogens with one attached hydrogen (secondary N) is 1. The van der Waals surface area contributed by atoms with Gasteiger partial charge < -0.3 is 4.98 Å². The molecule has 104 valence electrons. The molecule has 0 saturated heterocycles. The van der Waals surface area contributed by atoms with E-state index in [1.807, 2.05) is 0 Å². The number of nitro benzene ring substituents is 1. The summed E-state index contributed by atoms with van der Waals surface area (Å²) in [6.45, 7) is 0. The summed E-state index contributed by atoms with van der Waals surface area (Å²) in [5.41, 5.74) is -0.518. The molecule has 0 saturated carbocycles. The van der Waals surface area contributed by atoms with Crippen LogP contribution in [0.15, 0.2) is 36.9 Å². The molecule has 0 fully saturated rings. The van der Waals surface area contributed by atoms with Gasteiger partial charge in [0, 0.05) is 23.8 Å². The third kappa shape index (κ3) is 2.02. The highest BCUT2D eigenvalue weighted by molar-refractivity contribution is 6.16. The molecular weight excluding hydrogens is 279 g/mol. The Labute approximate surface area is 116 Å². The smallest absolute Gasteiger partial charge is 0.305 e. The number of carbonyl (C=O) groups is 1. The Morgan fingerprint density at radius 3 is 2.90 bits per heavy atom. The minimum atomic E-state index is -1.15. The van der Waals surface area contributed by atoms with Crippen molar-refractivity contribution in [3.05, 3.63) is 64.0 Å². The largest absolute Gasteiger partial charge is 0.345 e. The highest BCUT2D eigenvalue weighted by Crippen LogP contribution is 2.25. The monoisotopic (exact) mass is 286 g/mol. The second-order valence-electron chi connectivity index (χ2n) is 4.21. The molecule has 7 nitrogen and oxygen atoms in total. The number of H-pyrrole nitrogens is 1. The average Bonchev–Trinajstić information content (AvgIpc) is 2.90. The van der Waals surface area contributed by atoms with Crippen molar-refractivity contribution in [3.63, 3.8) is 0 Å². The highest BCUT2D eigenvalue weighted by atomic mass is 19.1. The molecule has 1 aromatic carbocycles. The zero-order valence-electron chi connectivity index (χ0n) is 10.4. The van der Waals surface area contributed by atoms with Crippen LogP contribution in [-0.2, 0) is 0 Å². The van der Waals surface area contributed by atoms with Gasteiger partial charge in [-0.25, -0.2) is 9.97 Å². The molecule has 2 aromatic heterocycles. The molecule has 0 atom stereocenters. The molecule has 0 radical (unpaired) electrons. The van der Waals surface area contributed by atoms with Crippen LogP contribution in [0, 0.1) is 15.9 Å². The van der Waals surface area contributed by atoms with E-state index in [2.05, 4.69) is 15.0 Å². The normalized spacial score (nSPS) is 10.7. The Kier molecular flexibility index (Phi) is 2.90. The van der Waals surface area contributed by atoms with Gasteiger partial charge >= 0.3 is 5.69 Å². The van der Waals surface area contributed by atoms with Crippen molar-refractivity contribution >= 4 is 22.5 Å². The van der Waals surface area contributed by atoms with Crippen LogP contribution in [0.25, 0.3) is 11.0 Å². The van der Waals surface area contributed by atoms with Gasteiger partial charge in [-0.3, -0.25) is 14.9 Å². The second kappa shape index (κ2) is 4.75. The number of aromatic nitrogens is 3. The number of hydrogen-bond donors (Lipinski definition) is 1. The molecule has 2 heterocycles. The zero-order valence-corrected chi connectivity index (χ0v) is 10.4. The van der Waals surface area contributed by atoms with Gasteiger partial charge in [0.2, 0.25) is 5.82 Å². The number of aromatic amines is 1. The van der Waals surface area contributed by atoms with E-state index in [-0.39, 0.29) is 11.1 Å². The zero-order chi connectivity index (χ0) is 15.0. The van der Waals surface area contributed by atoms with Crippen LogP contribution in [0.3, 0.4) is 0 Å². The van der Waals surface area contributed by atoms with Crippen molar-refractivity contribution in [2.24, 2.45) is 0 Å². The van der Waals surface area contributed by atoms with Gasteiger partial charge in [-0.2, -0.15) is 4.39 Å². The van der Waals surface area contributed by atoms with Gasteiger partial charge in [0.15, 0.2) is 5.78 Å². The summed E-state index contributed by atoms with van der Waals surface area (Å²) >= 11 is 0. The van der Waals surface area contributed by atoms with E-state index >= 15 is 0 Å². The van der Waals surface area contributed by atoms with E-state index in [1.54, 1.807) is 0 Å². The summed E-state index contributed by atoms with van der Waals surface area (Å²) in [7, 11) is 0. The third-order valence-electron chi connectivity index (χ3n) is 3.02. The molecule has 1 N–H and O–H groups in total. The number of nitro groups is 1. The maximum absolute atomic E-state index is 14.1. The number of carbonyl (C=O) groups excluding carboxylic acids is 1. The van der Waals surface area contributed by atoms with Gasteiger partial charge in [0.05, 0.1) is 16.1 Å². The number of ketones is 1. The summed E-state index contributed by atoms with van der Waals surface area (Å²) in [6.07, 6.45) is 4.10. The average molecular weight is 286 g/mol. The van der Waals surface area contributed by atoms with Gasteiger partial charge in [-0.05, 0) is 6.07 Å². The van der Waals surface area contributed by atoms with E-state index in [1.165, 1.54) is 30.9 Å². The quantitative estimate of drug-likeness (QED) is 0.452. The molecule has 0 unspecified atom stereocenters. The van der Waals surface area contributed by atoms with Gasteiger partial charge in [0.25, 0.3) is 0 Å². The summed E-state index contributed by atoms with van der Waals surface area (Å²) < 4.78 is 14.1. The minimum Gasteiger partial charge on any atom is -0.345 e. The SMILES string of the molecule is O=C(c1cccc([N+](=O)[O-])c1F)c1c[nH]c2ncncc12. The number of rotatable bonds is 3. The van der Waals surface area contributed by atoms with E-state index in [4.69, 9.17) is 0 Å². The lowest BCUT2D eigenvalue weighted by Crippen LogP contribution is -2.06. The first-order valence-corrected chi connectivity index (χ1v) is 5.84. The topological polar surface area (TPSA) is 102 Å². The van der Waals surface area contributed by atoms with Gasteiger partial charge in [0.1, 0.15) is 12.0 Å². The van der Waals surface area contributed by atoms with E-state index in [0.29, 0.717) is 11.0 Å². The second-order valence-corrected chi connectivity index (χ2v) is 4.21. The fourth-order valence-electron chi connectivity index (χ4n) is 2.03. The molecule has 0 aliphatic heterocycles. The summed E-state index contributed by atoms with van der Waals surface area (Å²) in [6, 6.07) is 3.47. The van der Waals surface area contributed by atoms with Gasteiger partial charge in [-0.15, -0.1) is 0 Å². The maximum atomic E-state index is 14.1. The van der Waals surface area contributed by atoms with Gasteiger partial charge in [-0.1, -0.05) is 6.07 Å². The lowest BCUT2D eigenvalue weighted by molar-refractivity contribution is -0.387. The van der Waals surface area contributed by atoms with Crippen molar-refractivity contribution in [2.45, 2.75) is 0 Å². The third-order valence-corrected chi connectivity index (χ3v) is 3.02. The van der Waals surface area contributed by atoms with Crippen molar-refractivity contribution in [2.75, 3.05) is 0 Å². The van der Waals surface area contributed by atoms with Crippen LogP contribution in [0.1, 0.15) is 15.9 Å². The molecule has 8 heteroatoms. The molecule has 3 rings (SSSR count). The summed E-state index contributed by atoms with van der Waals surface area (Å²) in [5, 5.41) is 11.1. The number of benzene rings is 1. The standard InChI is InChI=1S/C13H7FN4O3/c14-11-7(2-1-3-10(11)18(20)21)12(19)8-5-16-13-9(8)4-15-6-17-13/h1-6H,(H,15,16,17). The Morgan fingerprint density at radius 2 is 2.14 bits per heavy atom. The van der Waals surface area contributed by atoms with Crippen molar-refractivity contribution in [1.82, 2.24) is 15.0 Å². The predicted octanol–water partition coefficient (Wildman–Crippen LogP) is 2.24. The van der Waals surface area contributed by atoms with Crippen LogP contribution in [-0.4, -0.2) is 25.7 Å². The molecule has 0 bridgehead atoms. The molecule has 0 aliphatic carbocycles. The lowest BCUT2D eigenvalue weighted by atomic mass is 10.0. The van der Waals surface area contributed by atoms with E-state index in [9.17, 15) is 19.3 Å². The number of halogens is 1. The molecule has 0 aliphatic rings. The van der Waals surface area contributed by atoms with Crippen molar-refractivity contribution < 1.29 is 14.1 Å². The van der Waals surface area contributed by atoms with Crippen LogP contribution in [0.5, 0.6) is 0 Å². The number of nitrogens with zero attached hydrogens (tertiary/aromatic N) is 3. The predicted molar refractivity (Wildman–Crippen MR) is 70.4 cm³/mol. The van der Waals surface area contributed by atoms with Crippen LogP contribution in [0.4, 0.5) is 10.1 Å². The molecule has 0 amide bonds. The van der Waals surface area contributed by atoms with Crippen molar-refractivity contribution in [1.29, 1.82) is 0 Å². The fraction of sp³-hybridized carbons (Fsp3) is 0. The number of hydrogen-bond acceptors (Lipinski definition) is 5. The molecular formula is C13H7FN4O3. The van der Waals surface area contributed by atoms with Crippen LogP contribution in [0.2, 0.25) is 0 Å². The minimum absolute atomic E-state index is 0.157. The maximum Gasteiger partial charge on any atom is 0.305 e. The summed E-state index contributed by atoms with van der Waals surface area (Å²) in [4.78, 5) is 32.7. The van der Waals surface area contributed by atoms with E-state index < -0.39 is 22.2 Å². The van der Waals surface area contributed by atoms with E-state index in [0.717, 1.165) is 6.07 Å². The lowest BCUT2D eigenvalue weighted by Gasteiger charge is -2.02. The molecule has 3 aromatic rings. The Bertz CT molecular complexity index is 875. The summed E-state index contributed by atoms with van der Waals surface area (Å²) in [5.74, 6) is -1.82. The molecule has 0 spiro atoms. The Morgan fingerprint density at radius 1 is 1.33 bits per heavy atom. The number of fused-ring (bicyclic) bond motifs is 1. The van der Waals surface area contributed by atoms with Crippen molar-refractivity contribution in [3.8, 4) is 0 Å². The Balaban J connectivity index is 2.15. The highest BCUT2D eigenvalue weighted by Gasteiger charge is 2.24. The molecule has 21 heavy (non-hydrogen) atoms. The first kappa shape index (κ1) is 12.9. The van der Waals surface area contributed by atoms with Crippen LogP contribution < -0.4 is 0 Å². The van der Waals surface area contributed by atoms with Crippen LogP contribution >= 0.6 is 0 Å². The first-order chi connectivity index (χ1) is 10.1.